The number of hydrogen-bond donors (Lipinski definition) is 0. The van der Waals surface area contributed by atoms with Gasteiger partial charge in [-0.2, -0.15) is 0 Å². The van der Waals surface area contributed by atoms with Crippen molar-refractivity contribution in [2.24, 2.45) is 0 Å². The SMILES string of the molecule is CN(C(=O)Cc1c(Cl)cccc1Cl)[C@@H]1CCCC[C@@H]1N1CCCC1.Cl. The van der Waals surface area contributed by atoms with Gasteiger partial charge in [0.2, 0.25) is 5.91 Å². The summed E-state index contributed by atoms with van der Waals surface area (Å²) in [6, 6.07) is 6.22. The van der Waals surface area contributed by atoms with Crippen LogP contribution in [0, 0.1) is 0 Å². The van der Waals surface area contributed by atoms with E-state index in [2.05, 4.69) is 4.90 Å². The van der Waals surface area contributed by atoms with Gasteiger partial charge in [0.05, 0.1) is 6.42 Å². The number of likely N-dealkylation sites (N-methyl/N-ethyl adjacent to an activating group) is 1. The number of carbonyl (C=O) groups is 1. The fourth-order valence-corrected chi connectivity index (χ4v) is 4.74. The van der Waals surface area contributed by atoms with Crippen LogP contribution in [0.2, 0.25) is 10.0 Å². The Morgan fingerprint density at radius 3 is 2.36 bits per heavy atom. The highest BCUT2D eigenvalue weighted by molar-refractivity contribution is 6.36. The second-order valence-corrected chi connectivity index (χ2v) is 7.86. The van der Waals surface area contributed by atoms with Gasteiger partial charge in [0.15, 0.2) is 0 Å². The zero-order chi connectivity index (χ0) is 17.1. The lowest BCUT2D eigenvalue weighted by Crippen LogP contribution is -2.53. The van der Waals surface area contributed by atoms with E-state index in [0.29, 0.717) is 22.1 Å². The van der Waals surface area contributed by atoms with Gasteiger partial charge in [0.25, 0.3) is 0 Å². The Kier molecular flexibility index (Phi) is 7.88. The fourth-order valence-electron chi connectivity index (χ4n) is 4.20. The highest BCUT2D eigenvalue weighted by Gasteiger charge is 2.35. The summed E-state index contributed by atoms with van der Waals surface area (Å²) in [7, 11) is 1.95. The first-order chi connectivity index (χ1) is 11.6. The summed E-state index contributed by atoms with van der Waals surface area (Å²) in [6.45, 7) is 2.36. The molecule has 3 rings (SSSR count). The van der Waals surface area contributed by atoms with E-state index in [0.717, 1.165) is 12.0 Å². The summed E-state index contributed by atoms with van der Waals surface area (Å²) in [4.78, 5) is 17.4. The molecule has 140 valence electrons. The van der Waals surface area contributed by atoms with E-state index in [9.17, 15) is 4.79 Å². The minimum absolute atomic E-state index is 0. The van der Waals surface area contributed by atoms with E-state index < -0.39 is 0 Å². The average molecular weight is 406 g/mol. The van der Waals surface area contributed by atoms with Crippen molar-refractivity contribution >= 4 is 41.5 Å². The Hall–Kier alpha value is -0.480. The van der Waals surface area contributed by atoms with E-state index in [4.69, 9.17) is 23.2 Å². The molecule has 25 heavy (non-hydrogen) atoms. The van der Waals surface area contributed by atoms with Crippen LogP contribution in [0.4, 0.5) is 0 Å². The van der Waals surface area contributed by atoms with E-state index in [1.807, 2.05) is 18.0 Å². The second-order valence-electron chi connectivity index (χ2n) is 7.04. The van der Waals surface area contributed by atoms with Crippen LogP contribution in [-0.2, 0) is 11.2 Å². The minimum Gasteiger partial charge on any atom is -0.341 e. The molecule has 6 heteroatoms. The third-order valence-corrected chi connectivity index (χ3v) is 6.29. The van der Waals surface area contributed by atoms with Gasteiger partial charge in [0.1, 0.15) is 0 Å². The Balaban J connectivity index is 0.00000225. The number of rotatable bonds is 4. The number of hydrogen-bond acceptors (Lipinski definition) is 2. The molecule has 2 aliphatic rings. The Morgan fingerprint density at radius 2 is 1.72 bits per heavy atom. The molecule has 1 aliphatic carbocycles. The monoisotopic (exact) mass is 404 g/mol. The van der Waals surface area contributed by atoms with Gasteiger partial charge in [-0.05, 0) is 56.5 Å². The van der Waals surface area contributed by atoms with E-state index >= 15 is 0 Å². The zero-order valence-corrected chi connectivity index (χ0v) is 17.0. The van der Waals surface area contributed by atoms with Crippen molar-refractivity contribution in [3.8, 4) is 0 Å². The molecule has 1 aromatic rings. The molecule has 1 saturated heterocycles. The van der Waals surface area contributed by atoms with Crippen molar-refractivity contribution in [2.45, 2.75) is 57.0 Å². The predicted molar refractivity (Wildman–Crippen MR) is 107 cm³/mol. The quantitative estimate of drug-likeness (QED) is 0.716. The molecule has 3 nitrogen and oxygen atoms in total. The van der Waals surface area contributed by atoms with Gasteiger partial charge in [-0.3, -0.25) is 9.69 Å². The van der Waals surface area contributed by atoms with Gasteiger partial charge in [-0.15, -0.1) is 12.4 Å². The van der Waals surface area contributed by atoms with E-state index in [1.54, 1.807) is 12.1 Å². The van der Waals surface area contributed by atoms with Crippen LogP contribution >= 0.6 is 35.6 Å². The Bertz CT molecular complexity index is 570. The molecule has 1 aromatic carbocycles. The van der Waals surface area contributed by atoms with Crippen molar-refractivity contribution in [2.75, 3.05) is 20.1 Å². The first kappa shape index (κ1) is 20.8. The maximum Gasteiger partial charge on any atom is 0.227 e. The normalized spacial score (nSPS) is 24.0. The van der Waals surface area contributed by atoms with Gasteiger partial charge in [0, 0.05) is 29.2 Å². The highest BCUT2D eigenvalue weighted by Crippen LogP contribution is 2.30. The number of halogens is 3. The molecule has 0 N–H and O–H groups in total. The first-order valence-corrected chi connectivity index (χ1v) is 9.76. The molecule has 0 unspecified atom stereocenters. The summed E-state index contributed by atoms with van der Waals surface area (Å²) in [6.07, 6.45) is 7.63. The van der Waals surface area contributed by atoms with Crippen LogP contribution in [0.15, 0.2) is 18.2 Å². The summed E-state index contributed by atoms with van der Waals surface area (Å²) in [5, 5.41) is 1.15. The molecule has 0 radical (unpaired) electrons. The number of likely N-dealkylation sites (tertiary alicyclic amines) is 1. The molecular formula is C19H27Cl3N2O. The van der Waals surface area contributed by atoms with Gasteiger partial charge in [-0.1, -0.05) is 42.1 Å². The third kappa shape index (κ3) is 4.82. The number of amides is 1. The van der Waals surface area contributed by atoms with Crippen LogP contribution in [0.3, 0.4) is 0 Å². The van der Waals surface area contributed by atoms with Gasteiger partial charge >= 0.3 is 0 Å². The Morgan fingerprint density at radius 1 is 1.12 bits per heavy atom. The number of benzene rings is 1. The van der Waals surface area contributed by atoms with E-state index in [-0.39, 0.29) is 24.7 Å². The molecule has 2 atom stereocenters. The van der Waals surface area contributed by atoms with Gasteiger partial charge in [-0.25, -0.2) is 0 Å². The average Bonchev–Trinajstić information content (AvgIpc) is 3.12. The maximum atomic E-state index is 12.9. The molecule has 1 aliphatic heterocycles. The molecule has 1 heterocycles. The molecule has 0 aromatic heterocycles. The smallest absolute Gasteiger partial charge is 0.227 e. The fraction of sp³-hybridized carbons (Fsp3) is 0.632. The van der Waals surface area contributed by atoms with Crippen LogP contribution in [0.25, 0.3) is 0 Å². The van der Waals surface area contributed by atoms with Crippen LogP contribution in [-0.4, -0.2) is 47.9 Å². The predicted octanol–water partition coefficient (Wildman–Crippen LogP) is 4.82. The lowest BCUT2D eigenvalue weighted by atomic mass is 9.88. The van der Waals surface area contributed by atoms with Crippen LogP contribution in [0.5, 0.6) is 0 Å². The maximum absolute atomic E-state index is 12.9. The van der Waals surface area contributed by atoms with Crippen molar-refractivity contribution in [3.05, 3.63) is 33.8 Å². The van der Waals surface area contributed by atoms with E-state index in [1.165, 1.54) is 45.2 Å². The van der Waals surface area contributed by atoms with Crippen LogP contribution < -0.4 is 0 Å². The summed E-state index contributed by atoms with van der Waals surface area (Å²) < 4.78 is 0. The van der Waals surface area contributed by atoms with Crippen molar-refractivity contribution in [1.82, 2.24) is 9.80 Å². The summed E-state index contributed by atoms with van der Waals surface area (Å²) in [5.74, 6) is 0.112. The molecule has 0 bridgehead atoms. The minimum atomic E-state index is 0. The molecule has 1 amide bonds. The highest BCUT2D eigenvalue weighted by atomic mass is 35.5. The molecular weight excluding hydrogens is 379 g/mol. The number of carbonyl (C=O) groups excluding carboxylic acids is 1. The zero-order valence-electron chi connectivity index (χ0n) is 14.7. The van der Waals surface area contributed by atoms with Crippen LogP contribution in [0.1, 0.15) is 44.1 Å². The van der Waals surface area contributed by atoms with Crippen molar-refractivity contribution in [1.29, 1.82) is 0 Å². The molecule has 0 spiro atoms. The molecule has 1 saturated carbocycles. The molecule has 2 fully saturated rings. The van der Waals surface area contributed by atoms with Crippen molar-refractivity contribution < 1.29 is 4.79 Å². The topological polar surface area (TPSA) is 23.6 Å². The largest absolute Gasteiger partial charge is 0.341 e. The number of nitrogens with zero attached hydrogens (tertiary/aromatic N) is 2. The first-order valence-electron chi connectivity index (χ1n) is 9.00. The summed E-state index contributed by atoms with van der Waals surface area (Å²) in [5.41, 5.74) is 0.742. The van der Waals surface area contributed by atoms with Crippen molar-refractivity contribution in [3.63, 3.8) is 0 Å². The Labute approximate surface area is 167 Å². The lowest BCUT2D eigenvalue weighted by molar-refractivity contribution is -0.133. The third-order valence-electron chi connectivity index (χ3n) is 5.58. The second kappa shape index (κ2) is 9.45. The standard InChI is InChI=1S/C19H26Cl2N2O.ClH/c1-22(19(24)13-14-15(20)7-6-8-16(14)21)17-9-2-3-10-18(17)23-11-4-5-12-23;/h6-8,17-18H,2-5,9-13H2,1H3;1H/t17-,18+;/m1./s1. The lowest BCUT2D eigenvalue weighted by Gasteiger charge is -2.42. The summed E-state index contributed by atoms with van der Waals surface area (Å²) >= 11 is 12.5. The van der Waals surface area contributed by atoms with Gasteiger partial charge < -0.3 is 4.90 Å².